The number of hydrogen-bond acceptors (Lipinski definition) is 6. The summed E-state index contributed by atoms with van der Waals surface area (Å²) in [7, 11) is 1.43. The molecule has 0 saturated carbocycles. The second-order valence-corrected chi connectivity index (χ2v) is 3.22. The zero-order chi connectivity index (χ0) is 12.4. The average molecular weight is 235 g/mol. The smallest absolute Gasteiger partial charge is 0.273 e. The van der Waals surface area contributed by atoms with E-state index >= 15 is 0 Å². The molecular weight excluding hydrogens is 226 g/mol. The molecule has 0 amide bonds. The molecule has 0 saturated heterocycles. The molecular formula is C9H9N5O3. The Bertz CT molecular complexity index is 566. The number of hydrogen-bond donors (Lipinski definition) is 2. The lowest BCUT2D eigenvalue weighted by molar-refractivity contribution is -0.384. The van der Waals surface area contributed by atoms with Gasteiger partial charge in [0.2, 0.25) is 5.95 Å². The summed E-state index contributed by atoms with van der Waals surface area (Å²) in [5.74, 6) is 0.791. The molecule has 3 N–H and O–H groups in total. The van der Waals surface area contributed by atoms with Crippen molar-refractivity contribution >= 4 is 11.6 Å². The van der Waals surface area contributed by atoms with E-state index in [0.29, 0.717) is 17.1 Å². The first-order valence-corrected chi connectivity index (χ1v) is 4.62. The number of nitrogens with one attached hydrogen (secondary N) is 1. The summed E-state index contributed by atoms with van der Waals surface area (Å²) in [6.45, 7) is 0. The molecule has 0 aliphatic carbocycles. The summed E-state index contributed by atoms with van der Waals surface area (Å²) < 4.78 is 4.98. The van der Waals surface area contributed by atoms with Gasteiger partial charge in [-0.25, -0.2) is 0 Å². The number of methoxy groups -OCH3 is 1. The predicted molar refractivity (Wildman–Crippen MR) is 59.4 cm³/mol. The van der Waals surface area contributed by atoms with Gasteiger partial charge in [-0.1, -0.05) is 0 Å². The highest BCUT2D eigenvalue weighted by Crippen LogP contribution is 2.27. The van der Waals surface area contributed by atoms with Crippen molar-refractivity contribution in [3.05, 3.63) is 28.3 Å². The van der Waals surface area contributed by atoms with E-state index in [9.17, 15) is 10.1 Å². The number of aromatic nitrogens is 3. The normalized spacial score (nSPS) is 10.2. The Morgan fingerprint density at radius 3 is 2.76 bits per heavy atom. The number of nitrogens with two attached hydrogens (primary N) is 1. The van der Waals surface area contributed by atoms with E-state index in [4.69, 9.17) is 10.5 Å². The minimum Gasteiger partial charge on any atom is -0.496 e. The van der Waals surface area contributed by atoms with Crippen LogP contribution in [0.15, 0.2) is 18.2 Å². The van der Waals surface area contributed by atoms with Gasteiger partial charge in [-0.15, -0.1) is 5.10 Å². The van der Waals surface area contributed by atoms with Crippen molar-refractivity contribution in [2.24, 2.45) is 0 Å². The van der Waals surface area contributed by atoms with Gasteiger partial charge < -0.3 is 10.5 Å². The standard InChI is InChI=1S/C9H9N5O3/c1-17-7-3-5(2-6(4-7)14(15)16)8-11-9(10)13-12-8/h2-4H,1H3,(H3,10,11,12,13). The number of anilines is 1. The first kappa shape index (κ1) is 10.9. The van der Waals surface area contributed by atoms with Gasteiger partial charge in [0.05, 0.1) is 18.1 Å². The number of rotatable bonds is 3. The SMILES string of the molecule is COc1cc(-c2nc(N)n[nH]2)cc([N+](=O)[O-])c1. The molecule has 2 rings (SSSR count). The molecule has 0 bridgehead atoms. The van der Waals surface area contributed by atoms with Crippen LogP contribution in [0, 0.1) is 10.1 Å². The Morgan fingerprint density at radius 2 is 2.24 bits per heavy atom. The average Bonchev–Trinajstić information content (AvgIpc) is 2.75. The minimum atomic E-state index is -0.508. The minimum absolute atomic E-state index is 0.0745. The Morgan fingerprint density at radius 1 is 1.47 bits per heavy atom. The summed E-state index contributed by atoms with van der Waals surface area (Å²) in [5.41, 5.74) is 5.76. The van der Waals surface area contributed by atoms with Crippen LogP contribution in [-0.2, 0) is 0 Å². The van der Waals surface area contributed by atoms with E-state index in [2.05, 4.69) is 15.2 Å². The molecule has 1 aromatic heterocycles. The molecule has 0 radical (unpaired) electrons. The van der Waals surface area contributed by atoms with E-state index in [1.807, 2.05) is 0 Å². The van der Waals surface area contributed by atoms with Crippen molar-refractivity contribution in [2.75, 3.05) is 12.8 Å². The van der Waals surface area contributed by atoms with E-state index < -0.39 is 4.92 Å². The molecule has 8 nitrogen and oxygen atoms in total. The number of non-ortho nitro benzene ring substituents is 1. The second kappa shape index (κ2) is 4.08. The Hall–Kier alpha value is -2.64. The number of benzene rings is 1. The van der Waals surface area contributed by atoms with Crippen LogP contribution in [0.5, 0.6) is 5.75 Å². The zero-order valence-corrected chi connectivity index (χ0v) is 8.88. The first-order valence-electron chi connectivity index (χ1n) is 4.62. The third kappa shape index (κ3) is 2.14. The van der Waals surface area contributed by atoms with Gasteiger partial charge in [0.1, 0.15) is 5.75 Å². The van der Waals surface area contributed by atoms with Crippen LogP contribution in [0.3, 0.4) is 0 Å². The van der Waals surface area contributed by atoms with Gasteiger partial charge in [-0.05, 0) is 6.07 Å². The second-order valence-electron chi connectivity index (χ2n) is 3.22. The van der Waals surface area contributed by atoms with Gasteiger partial charge >= 0.3 is 0 Å². The van der Waals surface area contributed by atoms with Gasteiger partial charge in [0.25, 0.3) is 5.69 Å². The summed E-state index contributed by atoms with van der Waals surface area (Å²) >= 11 is 0. The van der Waals surface area contributed by atoms with E-state index in [-0.39, 0.29) is 11.6 Å². The highest BCUT2D eigenvalue weighted by molar-refractivity contribution is 5.63. The number of nitrogens with zero attached hydrogens (tertiary/aromatic N) is 3. The van der Waals surface area contributed by atoms with Gasteiger partial charge in [0.15, 0.2) is 5.82 Å². The van der Waals surface area contributed by atoms with Crippen molar-refractivity contribution in [1.82, 2.24) is 15.2 Å². The van der Waals surface area contributed by atoms with Crippen LogP contribution in [-0.4, -0.2) is 27.2 Å². The van der Waals surface area contributed by atoms with Gasteiger partial charge in [0, 0.05) is 11.6 Å². The van der Waals surface area contributed by atoms with E-state index in [1.165, 1.54) is 19.2 Å². The highest BCUT2D eigenvalue weighted by Gasteiger charge is 2.13. The fourth-order valence-corrected chi connectivity index (χ4v) is 1.35. The Kier molecular flexibility index (Phi) is 2.61. The molecule has 17 heavy (non-hydrogen) atoms. The van der Waals surface area contributed by atoms with Crippen molar-refractivity contribution in [3.8, 4) is 17.1 Å². The highest BCUT2D eigenvalue weighted by atomic mass is 16.6. The van der Waals surface area contributed by atoms with E-state index in [1.54, 1.807) is 6.07 Å². The summed E-state index contributed by atoms with van der Waals surface area (Å²) in [5, 5.41) is 17.0. The Balaban J connectivity index is 2.53. The number of ether oxygens (including phenoxy) is 1. The van der Waals surface area contributed by atoms with Crippen molar-refractivity contribution in [1.29, 1.82) is 0 Å². The van der Waals surface area contributed by atoms with Gasteiger partial charge in [-0.3, -0.25) is 15.2 Å². The van der Waals surface area contributed by atoms with Crippen LogP contribution < -0.4 is 10.5 Å². The van der Waals surface area contributed by atoms with Gasteiger partial charge in [-0.2, -0.15) is 4.98 Å². The molecule has 1 heterocycles. The number of aromatic amines is 1. The fraction of sp³-hybridized carbons (Fsp3) is 0.111. The molecule has 0 aliphatic rings. The quantitative estimate of drug-likeness (QED) is 0.604. The van der Waals surface area contributed by atoms with Crippen molar-refractivity contribution < 1.29 is 9.66 Å². The third-order valence-electron chi connectivity index (χ3n) is 2.11. The Labute approximate surface area is 95.6 Å². The third-order valence-corrected chi connectivity index (χ3v) is 2.11. The number of nitro benzene ring substituents is 1. The topological polar surface area (TPSA) is 120 Å². The summed E-state index contributed by atoms with van der Waals surface area (Å²) in [6.07, 6.45) is 0. The van der Waals surface area contributed by atoms with Crippen molar-refractivity contribution in [2.45, 2.75) is 0 Å². The monoisotopic (exact) mass is 235 g/mol. The van der Waals surface area contributed by atoms with Crippen LogP contribution in [0.1, 0.15) is 0 Å². The lowest BCUT2D eigenvalue weighted by atomic mass is 10.2. The molecule has 0 atom stereocenters. The first-order chi connectivity index (χ1) is 8.10. The molecule has 0 aliphatic heterocycles. The fourth-order valence-electron chi connectivity index (χ4n) is 1.35. The predicted octanol–water partition coefficient (Wildman–Crippen LogP) is 0.971. The van der Waals surface area contributed by atoms with Crippen molar-refractivity contribution in [3.63, 3.8) is 0 Å². The molecule has 88 valence electrons. The summed E-state index contributed by atoms with van der Waals surface area (Å²) in [6, 6.07) is 4.29. The lowest BCUT2D eigenvalue weighted by Gasteiger charge is -2.02. The molecule has 8 heteroatoms. The van der Waals surface area contributed by atoms with Crippen LogP contribution in [0.25, 0.3) is 11.4 Å². The molecule has 0 fully saturated rings. The van der Waals surface area contributed by atoms with E-state index in [0.717, 1.165) is 0 Å². The maximum atomic E-state index is 10.7. The molecule has 0 spiro atoms. The number of H-pyrrole nitrogens is 1. The maximum Gasteiger partial charge on any atom is 0.273 e. The van der Waals surface area contributed by atoms with Crippen LogP contribution in [0.4, 0.5) is 11.6 Å². The molecule has 1 aromatic carbocycles. The maximum absolute atomic E-state index is 10.7. The van der Waals surface area contributed by atoms with Crippen LogP contribution >= 0.6 is 0 Å². The molecule has 0 unspecified atom stereocenters. The lowest BCUT2D eigenvalue weighted by Crippen LogP contribution is -1.92. The zero-order valence-electron chi connectivity index (χ0n) is 8.88. The largest absolute Gasteiger partial charge is 0.496 e. The van der Waals surface area contributed by atoms with Crippen LogP contribution in [0.2, 0.25) is 0 Å². The molecule has 2 aromatic rings. The number of nitro groups is 1. The summed E-state index contributed by atoms with van der Waals surface area (Å²) in [4.78, 5) is 14.1. The number of nitrogen functional groups attached to an aromatic ring is 1.